The van der Waals surface area contributed by atoms with Crippen LogP contribution in [0.2, 0.25) is 0 Å². The van der Waals surface area contributed by atoms with Crippen LogP contribution in [0, 0.1) is 6.92 Å². The van der Waals surface area contributed by atoms with Gasteiger partial charge >= 0.3 is 0 Å². The predicted octanol–water partition coefficient (Wildman–Crippen LogP) is 2.80. The number of hydrogen-bond donors (Lipinski definition) is 2. The highest BCUT2D eigenvalue weighted by Crippen LogP contribution is 2.17. The van der Waals surface area contributed by atoms with E-state index in [1.165, 1.54) is 5.56 Å². The second-order valence-electron chi connectivity index (χ2n) is 7.54. The van der Waals surface area contributed by atoms with Gasteiger partial charge in [0.15, 0.2) is 0 Å². The molecule has 0 unspecified atom stereocenters. The molecule has 0 bridgehead atoms. The Morgan fingerprint density at radius 1 is 1.04 bits per heavy atom. The first-order valence-corrected chi connectivity index (χ1v) is 9.04. The maximum atomic E-state index is 12.4. The van der Waals surface area contributed by atoms with Crippen molar-refractivity contribution in [1.29, 1.82) is 0 Å². The number of benzene rings is 1. The molecule has 0 aliphatic rings. The molecule has 0 saturated heterocycles. The molecule has 0 saturated carbocycles. The Hall–Kier alpha value is -1.88. The molecule has 1 rings (SSSR count). The summed E-state index contributed by atoms with van der Waals surface area (Å²) in [4.78, 5) is 26.3. The lowest BCUT2D eigenvalue weighted by Crippen LogP contribution is -2.48. The molecule has 1 atom stereocenters. The Morgan fingerprint density at radius 3 is 2.08 bits per heavy atom. The van der Waals surface area contributed by atoms with E-state index in [1.54, 1.807) is 0 Å². The maximum Gasteiger partial charge on any atom is 0.234 e. The number of aryl methyl sites for hydroxylation is 1. The first kappa shape index (κ1) is 21.2. The molecule has 0 aromatic heterocycles. The zero-order valence-corrected chi connectivity index (χ0v) is 16.5. The lowest BCUT2D eigenvalue weighted by atomic mass is 10.0. The van der Waals surface area contributed by atoms with Gasteiger partial charge in [0, 0.05) is 5.54 Å². The quantitative estimate of drug-likeness (QED) is 0.760. The SMILES string of the molecule is CC[C@H](NC(=O)CN(CC)CC(=O)NC(C)(C)C)c1ccc(C)cc1. The summed E-state index contributed by atoms with van der Waals surface area (Å²) in [7, 11) is 0. The minimum Gasteiger partial charge on any atom is -0.350 e. The van der Waals surface area contributed by atoms with Gasteiger partial charge in [0.05, 0.1) is 19.1 Å². The van der Waals surface area contributed by atoms with E-state index >= 15 is 0 Å². The second kappa shape index (κ2) is 9.56. The molecule has 25 heavy (non-hydrogen) atoms. The highest BCUT2D eigenvalue weighted by molar-refractivity contribution is 5.81. The average Bonchev–Trinajstić information content (AvgIpc) is 2.51. The Bertz CT molecular complexity index is 561. The number of hydrogen-bond acceptors (Lipinski definition) is 3. The van der Waals surface area contributed by atoms with Crippen molar-refractivity contribution >= 4 is 11.8 Å². The zero-order chi connectivity index (χ0) is 19.0. The van der Waals surface area contributed by atoms with E-state index in [0.29, 0.717) is 6.54 Å². The van der Waals surface area contributed by atoms with E-state index in [1.807, 2.05) is 39.5 Å². The maximum absolute atomic E-state index is 12.4. The summed E-state index contributed by atoms with van der Waals surface area (Å²) in [5.74, 6) is -0.120. The van der Waals surface area contributed by atoms with Gasteiger partial charge in [0.2, 0.25) is 11.8 Å². The van der Waals surface area contributed by atoms with E-state index in [9.17, 15) is 9.59 Å². The minimum atomic E-state index is -0.266. The van der Waals surface area contributed by atoms with Crippen molar-refractivity contribution in [2.75, 3.05) is 19.6 Å². The molecule has 0 heterocycles. The summed E-state index contributed by atoms with van der Waals surface area (Å²) in [5.41, 5.74) is 2.04. The van der Waals surface area contributed by atoms with E-state index in [-0.39, 0.29) is 36.5 Å². The molecule has 0 fully saturated rings. The average molecular weight is 348 g/mol. The van der Waals surface area contributed by atoms with E-state index in [2.05, 4.69) is 41.8 Å². The van der Waals surface area contributed by atoms with Crippen molar-refractivity contribution in [3.05, 3.63) is 35.4 Å². The lowest BCUT2D eigenvalue weighted by molar-refractivity contribution is -0.126. The van der Waals surface area contributed by atoms with Gasteiger partial charge in [-0.1, -0.05) is 43.7 Å². The van der Waals surface area contributed by atoms with Crippen LogP contribution < -0.4 is 10.6 Å². The Morgan fingerprint density at radius 2 is 1.60 bits per heavy atom. The summed E-state index contributed by atoms with van der Waals surface area (Å²) < 4.78 is 0. The molecule has 140 valence electrons. The van der Waals surface area contributed by atoms with Crippen molar-refractivity contribution in [2.45, 2.75) is 59.5 Å². The molecular weight excluding hydrogens is 314 g/mol. The Kier molecular flexibility index (Phi) is 8.10. The number of amides is 2. The lowest BCUT2D eigenvalue weighted by Gasteiger charge is -2.25. The minimum absolute atomic E-state index is 0.00444. The summed E-state index contributed by atoms with van der Waals surface area (Å²) >= 11 is 0. The number of rotatable bonds is 8. The number of carbonyl (C=O) groups is 2. The highest BCUT2D eigenvalue weighted by atomic mass is 16.2. The highest BCUT2D eigenvalue weighted by Gasteiger charge is 2.19. The molecule has 5 heteroatoms. The van der Waals surface area contributed by atoms with Crippen LogP contribution in [-0.4, -0.2) is 41.9 Å². The van der Waals surface area contributed by atoms with Gasteiger partial charge in [0.25, 0.3) is 0 Å². The molecule has 0 aliphatic carbocycles. The van der Waals surface area contributed by atoms with Gasteiger partial charge in [-0.15, -0.1) is 0 Å². The van der Waals surface area contributed by atoms with Gasteiger partial charge < -0.3 is 10.6 Å². The van der Waals surface area contributed by atoms with Gasteiger partial charge in [-0.2, -0.15) is 0 Å². The largest absolute Gasteiger partial charge is 0.350 e. The zero-order valence-electron chi connectivity index (χ0n) is 16.5. The van der Waals surface area contributed by atoms with Crippen LogP contribution in [-0.2, 0) is 9.59 Å². The van der Waals surface area contributed by atoms with Gasteiger partial charge in [-0.3, -0.25) is 14.5 Å². The van der Waals surface area contributed by atoms with Crippen molar-refractivity contribution in [2.24, 2.45) is 0 Å². The van der Waals surface area contributed by atoms with Crippen molar-refractivity contribution in [1.82, 2.24) is 15.5 Å². The van der Waals surface area contributed by atoms with Crippen LogP contribution in [0.4, 0.5) is 0 Å². The Labute approximate surface area is 152 Å². The Balaban J connectivity index is 2.59. The summed E-state index contributed by atoms with van der Waals surface area (Å²) in [5, 5.41) is 6.00. The van der Waals surface area contributed by atoms with Gasteiger partial charge in [-0.25, -0.2) is 0 Å². The standard InChI is InChI=1S/C20H33N3O2/c1-7-17(16-11-9-15(3)10-12-16)21-18(24)13-23(8-2)14-19(25)22-20(4,5)6/h9-12,17H,7-8,13-14H2,1-6H3,(H,21,24)(H,22,25)/t17-/m0/s1. The van der Waals surface area contributed by atoms with E-state index in [4.69, 9.17) is 0 Å². The normalized spacial score (nSPS) is 12.8. The third-order valence-electron chi connectivity index (χ3n) is 3.92. The fourth-order valence-corrected chi connectivity index (χ4v) is 2.60. The number of likely N-dealkylation sites (N-methyl/N-ethyl adjacent to an activating group) is 1. The number of nitrogens with zero attached hydrogens (tertiary/aromatic N) is 1. The third kappa shape index (κ3) is 8.16. The van der Waals surface area contributed by atoms with Crippen LogP contribution >= 0.6 is 0 Å². The molecule has 2 amide bonds. The second-order valence-corrected chi connectivity index (χ2v) is 7.54. The van der Waals surface area contributed by atoms with Crippen molar-refractivity contribution in [3.8, 4) is 0 Å². The van der Waals surface area contributed by atoms with Crippen LogP contribution in [0.1, 0.15) is 58.2 Å². The molecule has 0 spiro atoms. The van der Waals surface area contributed by atoms with Crippen molar-refractivity contribution < 1.29 is 9.59 Å². The van der Waals surface area contributed by atoms with Crippen LogP contribution in [0.3, 0.4) is 0 Å². The molecule has 2 N–H and O–H groups in total. The number of nitrogens with one attached hydrogen (secondary N) is 2. The molecule has 0 aliphatic heterocycles. The monoisotopic (exact) mass is 347 g/mol. The van der Waals surface area contributed by atoms with Crippen molar-refractivity contribution in [3.63, 3.8) is 0 Å². The fraction of sp³-hybridized carbons (Fsp3) is 0.600. The summed E-state index contributed by atoms with van der Waals surface area (Å²) in [6, 6.07) is 8.21. The topological polar surface area (TPSA) is 61.4 Å². The first-order valence-electron chi connectivity index (χ1n) is 9.04. The third-order valence-corrected chi connectivity index (χ3v) is 3.92. The first-order chi connectivity index (χ1) is 11.6. The van der Waals surface area contributed by atoms with E-state index < -0.39 is 0 Å². The predicted molar refractivity (Wildman–Crippen MR) is 102 cm³/mol. The fourth-order valence-electron chi connectivity index (χ4n) is 2.60. The number of carbonyl (C=O) groups excluding carboxylic acids is 2. The molecule has 1 aromatic carbocycles. The van der Waals surface area contributed by atoms with Crippen LogP contribution in [0.15, 0.2) is 24.3 Å². The van der Waals surface area contributed by atoms with Crippen LogP contribution in [0.25, 0.3) is 0 Å². The summed E-state index contributed by atoms with van der Waals surface area (Å²) in [6.45, 7) is 13.0. The summed E-state index contributed by atoms with van der Waals surface area (Å²) in [6.07, 6.45) is 0.825. The molecule has 1 aromatic rings. The van der Waals surface area contributed by atoms with E-state index in [0.717, 1.165) is 12.0 Å². The van der Waals surface area contributed by atoms with Gasteiger partial charge in [-0.05, 0) is 46.2 Å². The van der Waals surface area contributed by atoms with Gasteiger partial charge in [0.1, 0.15) is 0 Å². The molecule has 5 nitrogen and oxygen atoms in total. The smallest absolute Gasteiger partial charge is 0.234 e. The van der Waals surface area contributed by atoms with Crippen LogP contribution in [0.5, 0.6) is 0 Å². The molecule has 0 radical (unpaired) electrons. The molecular formula is C20H33N3O2.